The molecule has 1 aliphatic rings. The predicted octanol–water partition coefficient (Wildman–Crippen LogP) is 2.41. The Bertz CT molecular complexity index is 498. The fourth-order valence-electron chi connectivity index (χ4n) is 3.00. The highest BCUT2D eigenvalue weighted by atomic mass is 32.2. The second-order valence-corrected chi connectivity index (χ2v) is 7.70. The Morgan fingerprint density at radius 3 is 2.53 bits per heavy atom. The van der Waals surface area contributed by atoms with Crippen molar-refractivity contribution >= 4 is 9.84 Å². The Morgan fingerprint density at radius 2 is 2.00 bits per heavy atom. The van der Waals surface area contributed by atoms with E-state index in [9.17, 15) is 8.42 Å². The van der Waals surface area contributed by atoms with Crippen LogP contribution in [-0.2, 0) is 9.84 Å². The van der Waals surface area contributed by atoms with E-state index in [2.05, 4.69) is 31.3 Å². The Labute approximate surface area is 116 Å². The maximum absolute atomic E-state index is 11.6. The van der Waals surface area contributed by atoms with Crippen molar-refractivity contribution < 1.29 is 8.42 Å². The Balaban J connectivity index is 2.16. The molecule has 3 atom stereocenters. The molecule has 1 saturated heterocycles. The molecule has 3 nitrogen and oxygen atoms in total. The van der Waals surface area contributed by atoms with E-state index in [0.717, 1.165) is 13.0 Å². The SMILES string of the molecule is CCNC(c1ccccc1)C(C)C1CCS(=O)(=O)C1. The van der Waals surface area contributed by atoms with Gasteiger partial charge in [0.2, 0.25) is 0 Å². The van der Waals surface area contributed by atoms with Crippen LogP contribution in [-0.4, -0.2) is 26.5 Å². The lowest BCUT2D eigenvalue weighted by Crippen LogP contribution is -2.31. The third kappa shape index (κ3) is 3.57. The van der Waals surface area contributed by atoms with Crippen molar-refractivity contribution in [2.45, 2.75) is 26.3 Å². The van der Waals surface area contributed by atoms with Gasteiger partial charge in [-0.1, -0.05) is 44.2 Å². The Hall–Kier alpha value is -0.870. The van der Waals surface area contributed by atoms with Gasteiger partial charge < -0.3 is 5.32 Å². The van der Waals surface area contributed by atoms with E-state index >= 15 is 0 Å². The minimum absolute atomic E-state index is 0.240. The van der Waals surface area contributed by atoms with Crippen LogP contribution in [0.25, 0.3) is 0 Å². The second-order valence-electron chi connectivity index (χ2n) is 5.47. The summed E-state index contributed by atoms with van der Waals surface area (Å²) in [7, 11) is -2.80. The minimum Gasteiger partial charge on any atom is -0.310 e. The van der Waals surface area contributed by atoms with Crippen molar-refractivity contribution in [1.29, 1.82) is 0 Å². The number of sulfone groups is 1. The first-order valence-corrected chi connectivity index (χ1v) is 8.84. The van der Waals surface area contributed by atoms with Crippen LogP contribution in [0.2, 0.25) is 0 Å². The van der Waals surface area contributed by atoms with Gasteiger partial charge in [0.05, 0.1) is 11.5 Å². The van der Waals surface area contributed by atoms with Gasteiger partial charge >= 0.3 is 0 Å². The average Bonchev–Trinajstić information content (AvgIpc) is 2.77. The first kappa shape index (κ1) is 14.5. The van der Waals surface area contributed by atoms with Crippen LogP contribution in [0.5, 0.6) is 0 Å². The smallest absolute Gasteiger partial charge is 0.150 e. The fraction of sp³-hybridized carbons (Fsp3) is 0.600. The summed E-state index contributed by atoms with van der Waals surface area (Å²) < 4.78 is 23.3. The standard InChI is InChI=1S/C15H23NO2S/c1-3-16-15(13-7-5-4-6-8-13)12(2)14-9-10-19(17,18)11-14/h4-8,12,14-16H,3,9-11H2,1-2H3. The number of benzene rings is 1. The Morgan fingerprint density at radius 1 is 1.32 bits per heavy atom. The van der Waals surface area contributed by atoms with Gasteiger partial charge in [-0.3, -0.25) is 0 Å². The summed E-state index contributed by atoms with van der Waals surface area (Å²) in [5.41, 5.74) is 1.25. The van der Waals surface area contributed by atoms with E-state index in [1.807, 2.05) is 18.2 Å². The van der Waals surface area contributed by atoms with Gasteiger partial charge in [-0.25, -0.2) is 8.42 Å². The molecule has 1 fully saturated rings. The lowest BCUT2D eigenvalue weighted by atomic mass is 9.83. The van der Waals surface area contributed by atoms with Gasteiger partial charge in [-0.2, -0.15) is 0 Å². The molecule has 1 aliphatic heterocycles. The van der Waals surface area contributed by atoms with Gasteiger partial charge in [0, 0.05) is 6.04 Å². The summed E-state index contributed by atoms with van der Waals surface area (Å²) >= 11 is 0. The molecule has 1 N–H and O–H groups in total. The van der Waals surface area contributed by atoms with E-state index in [-0.39, 0.29) is 12.0 Å². The molecule has 19 heavy (non-hydrogen) atoms. The van der Waals surface area contributed by atoms with E-state index < -0.39 is 9.84 Å². The van der Waals surface area contributed by atoms with Crippen LogP contribution in [0, 0.1) is 11.8 Å². The molecule has 0 aromatic heterocycles. The zero-order chi connectivity index (χ0) is 13.9. The van der Waals surface area contributed by atoms with Crippen LogP contribution < -0.4 is 5.32 Å². The first-order chi connectivity index (χ1) is 9.03. The predicted molar refractivity (Wildman–Crippen MR) is 78.8 cm³/mol. The molecule has 3 unspecified atom stereocenters. The van der Waals surface area contributed by atoms with Gasteiger partial charge in [-0.05, 0) is 30.4 Å². The molecule has 0 aliphatic carbocycles. The lowest BCUT2D eigenvalue weighted by molar-refractivity contribution is 0.294. The molecule has 4 heteroatoms. The van der Waals surface area contributed by atoms with E-state index in [4.69, 9.17) is 0 Å². The summed E-state index contributed by atoms with van der Waals surface area (Å²) in [6.45, 7) is 5.16. The van der Waals surface area contributed by atoms with Crippen LogP contribution in [0.3, 0.4) is 0 Å². The third-order valence-corrected chi connectivity index (χ3v) is 5.91. The molecule has 2 rings (SSSR count). The van der Waals surface area contributed by atoms with Gasteiger partial charge in [-0.15, -0.1) is 0 Å². The molecule has 1 aromatic rings. The summed E-state index contributed by atoms with van der Waals surface area (Å²) in [6.07, 6.45) is 0.804. The summed E-state index contributed by atoms with van der Waals surface area (Å²) in [6, 6.07) is 10.6. The normalized spacial score (nSPS) is 25.1. The first-order valence-electron chi connectivity index (χ1n) is 7.02. The average molecular weight is 281 g/mol. The highest BCUT2D eigenvalue weighted by molar-refractivity contribution is 7.91. The minimum atomic E-state index is -2.80. The molecular weight excluding hydrogens is 258 g/mol. The summed E-state index contributed by atoms with van der Waals surface area (Å²) in [4.78, 5) is 0. The van der Waals surface area contributed by atoms with E-state index in [1.165, 1.54) is 5.56 Å². The quantitative estimate of drug-likeness (QED) is 0.901. The number of rotatable bonds is 5. The molecule has 1 aromatic carbocycles. The van der Waals surface area contributed by atoms with E-state index in [1.54, 1.807) is 0 Å². The molecule has 0 bridgehead atoms. The van der Waals surface area contributed by atoms with Crippen molar-refractivity contribution in [3.8, 4) is 0 Å². The van der Waals surface area contributed by atoms with Crippen LogP contribution >= 0.6 is 0 Å². The maximum Gasteiger partial charge on any atom is 0.150 e. The van der Waals surface area contributed by atoms with Gasteiger partial charge in [0.1, 0.15) is 0 Å². The highest BCUT2D eigenvalue weighted by Crippen LogP contribution is 2.34. The Kier molecular flexibility index (Phi) is 4.63. The molecule has 0 spiro atoms. The zero-order valence-corrected chi connectivity index (χ0v) is 12.5. The van der Waals surface area contributed by atoms with Gasteiger partial charge in [0.25, 0.3) is 0 Å². The molecule has 0 radical (unpaired) electrons. The monoisotopic (exact) mass is 281 g/mol. The highest BCUT2D eigenvalue weighted by Gasteiger charge is 2.35. The number of hydrogen-bond donors (Lipinski definition) is 1. The maximum atomic E-state index is 11.6. The van der Waals surface area contributed by atoms with Crippen molar-refractivity contribution in [2.24, 2.45) is 11.8 Å². The van der Waals surface area contributed by atoms with Crippen molar-refractivity contribution in [3.05, 3.63) is 35.9 Å². The third-order valence-electron chi connectivity index (χ3n) is 4.12. The van der Waals surface area contributed by atoms with Gasteiger partial charge in [0.15, 0.2) is 9.84 Å². The number of nitrogens with one attached hydrogen (secondary N) is 1. The summed E-state index contributed by atoms with van der Waals surface area (Å²) in [5.74, 6) is 1.31. The molecule has 106 valence electrons. The zero-order valence-electron chi connectivity index (χ0n) is 11.7. The molecule has 0 saturated carbocycles. The van der Waals surface area contributed by atoms with Crippen LogP contribution in [0.15, 0.2) is 30.3 Å². The fourth-order valence-corrected chi connectivity index (χ4v) is 4.95. The van der Waals surface area contributed by atoms with Crippen LogP contribution in [0.1, 0.15) is 31.9 Å². The topological polar surface area (TPSA) is 46.2 Å². The molecular formula is C15H23NO2S. The summed E-state index contributed by atoms with van der Waals surface area (Å²) in [5, 5.41) is 3.51. The van der Waals surface area contributed by atoms with Crippen molar-refractivity contribution in [2.75, 3.05) is 18.1 Å². The number of hydrogen-bond acceptors (Lipinski definition) is 3. The second kappa shape index (κ2) is 6.06. The van der Waals surface area contributed by atoms with E-state index in [0.29, 0.717) is 17.4 Å². The van der Waals surface area contributed by atoms with Crippen molar-refractivity contribution in [1.82, 2.24) is 5.32 Å². The lowest BCUT2D eigenvalue weighted by Gasteiger charge is -2.29. The van der Waals surface area contributed by atoms with Crippen molar-refractivity contribution in [3.63, 3.8) is 0 Å². The largest absolute Gasteiger partial charge is 0.310 e. The molecule has 1 heterocycles. The molecule has 0 amide bonds. The van der Waals surface area contributed by atoms with Crippen LogP contribution in [0.4, 0.5) is 0 Å².